The maximum absolute atomic E-state index is 11.4. The number of rotatable bonds is 7. The molecule has 5 nitrogen and oxygen atoms in total. The Labute approximate surface area is 178 Å². The van der Waals surface area contributed by atoms with Gasteiger partial charge in [-0.05, 0) is 53.4 Å². The Morgan fingerprint density at radius 1 is 1.00 bits per heavy atom. The van der Waals surface area contributed by atoms with Crippen LogP contribution in [0.5, 0.6) is 0 Å². The van der Waals surface area contributed by atoms with Crippen LogP contribution in [0.1, 0.15) is 22.6 Å². The van der Waals surface area contributed by atoms with Crippen molar-refractivity contribution in [1.82, 2.24) is 0 Å². The first-order chi connectivity index (χ1) is 14.0. The number of nitrogens with zero attached hydrogens (tertiary/aromatic N) is 2. The van der Waals surface area contributed by atoms with E-state index >= 15 is 0 Å². The average Bonchev–Trinajstić information content (AvgIpc) is 2.70. The molecule has 3 rings (SSSR count). The van der Waals surface area contributed by atoms with Crippen LogP contribution < -0.4 is 5.32 Å². The fourth-order valence-electron chi connectivity index (χ4n) is 3.06. The molecular weight excluding hydrogens is 409 g/mol. The Kier molecular flexibility index (Phi) is 6.71. The van der Waals surface area contributed by atoms with Gasteiger partial charge in [0, 0.05) is 22.7 Å². The molecule has 29 heavy (non-hydrogen) atoms. The van der Waals surface area contributed by atoms with Crippen molar-refractivity contribution >= 4 is 34.6 Å². The summed E-state index contributed by atoms with van der Waals surface area (Å²) >= 11 is 11.9. The van der Waals surface area contributed by atoms with Crippen LogP contribution in [0.25, 0.3) is 0 Å². The highest BCUT2D eigenvalue weighted by Gasteiger charge is 2.19. The van der Waals surface area contributed by atoms with Crippen LogP contribution in [-0.2, 0) is 6.42 Å². The van der Waals surface area contributed by atoms with Gasteiger partial charge in [-0.1, -0.05) is 53.5 Å². The lowest BCUT2D eigenvalue weighted by Crippen LogP contribution is -2.08. The highest BCUT2D eigenvalue weighted by molar-refractivity contribution is 6.30. The van der Waals surface area contributed by atoms with E-state index in [4.69, 9.17) is 23.2 Å². The van der Waals surface area contributed by atoms with E-state index < -0.39 is 10.8 Å². The second kappa shape index (κ2) is 9.42. The molecule has 7 heteroatoms. The monoisotopic (exact) mass is 425 g/mol. The van der Waals surface area contributed by atoms with Crippen molar-refractivity contribution in [1.29, 1.82) is 5.26 Å². The molecule has 146 valence electrons. The zero-order valence-electron chi connectivity index (χ0n) is 15.3. The summed E-state index contributed by atoms with van der Waals surface area (Å²) in [6.07, 6.45) is 0.654. The molecule has 1 unspecified atom stereocenters. The van der Waals surface area contributed by atoms with Crippen LogP contribution >= 0.6 is 23.2 Å². The second-order valence-corrected chi connectivity index (χ2v) is 7.33. The Hall–Kier alpha value is -3.07. The van der Waals surface area contributed by atoms with Crippen LogP contribution in [0, 0.1) is 21.4 Å². The first-order valence-corrected chi connectivity index (χ1v) is 9.65. The van der Waals surface area contributed by atoms with Gasteiger partial charge in [-0.2, -0.15) is 5.26 Å². The smallest absolute Gasteiger partial charge is 0.292 e. The minimum absolute atomic E-state index is 0.0346. The lowest BCUT2D eigenvalue weighted by Gasteiger charge is -2.13. The summed E-state index contributed by atoms with van der Waals surface area (Å²) in [5.41, 5.74) is 2.82. The summed E-state index contributed by atoms with van der Waals surface area (Å²) in [5, 5.41) is 25.5. The molecular formula is C22H17Cl2N3O2. The number of nitrogens with one attached hydrogen (secondary N) is 1. The predicted octanol–water partition coefficient (Wildman–Crippen LogP) is 6.21. The predicted molar refractivity (Wildman–Crippen MR) is 116 cm³/mol. The summed E-state index contributed by atoms with van der Waals surface area (Å²) in [4.78, 5) is 11.0. The summed E-state index contributed by atoms with van der Waals surface area (Å²) < 4.78 is 0. The molecule has 0 aliphatic carbocycles. The van der Waals surface area contributed by atoms with Crippen molar-refractivity contribution in [3.63, 3.8) is 0 Å². The molecule has 0 radical (unpaired) electrons. The van der Waals surface area contributed by atoms with E-state index in [1.165, 1.54) is 6.07 Å². The number of anilines is 1. The van der Waals surface area contributed by atoms with E-state index in [0.29, 0.717) is 34.3 Å². The number of halogens is 2. The van der Waals surface area contributed by atoms with Crippen LogP contribution in [0.15, 0.2) is 66.7 Å². The number of hydrogen-bond donors (Lipinski definition) is 1. The number of nitro groups is 1. The van der Waals surface area contributed by atoms with E-state index in [-0.39, 0.29) is 5.69 Å². The maximum atomic E-state index is 11.4. The van der Waals surface area contributed by atoms with Crippen molar-refractivity contribution in [3.05, 3.63) is 104 Å². The van der Waals surface area contributed by atoms with Gasteiger partial charge in [0.1, 0.15) is 5.69 Å². The van der Waals surface area contributed by atoms with Gasteiger partial charge in [0.2, 0.25) is 0 Å². The van der Waals surface area contributed by atoms with Crippen molar-refractivity contribution in [2.45, 2.75) is 12.3 Å². The van der Waals surface area contributed by atoms with E-state index in [9.17, 15) is 15.4 Å². The average molecular weight is 426 g/mol. The zero-order chi connectivity index (χ0) is 20.8. The van der Waals surface area contributed by atoms with Gasteiger partial charge in [0.15, 0.2) is 0 Å². The van der Waals surface area contributed by atoms with E-state index in [1.807, 2.05) is 18.2 Å². The maximum Gasteiger partial charge on any atom is 0.292 e. The summed E-state index contributed by atoms with van der Waals surface area (Å²) in [6.45, 7) is 0.489. The van der Waals surface area contributed by atoms with Gasteiger partial charge < -0.3 is 5.32 Å². The minimum Gasteiger partial charge on any atom is -0.379 e. The largest absolute Gasteiger partial charge is 0.379 e. The summed E-state index contributed by atoms with van der Waals surface area (Å²) in [5.74, 6) is -0.554. The number of nitro benzene ring substituents is 1. The number of benzene rings is 3. The van der Waals surface area contributed by atoms with Crippen LogP contribution in [0.4, 0.5) is 11.4 Å². The first kappa shape index (κ1) is 20.7. The third-order valence-electron chi connectivity index (χ3n) is 4.50. The lowest BCUT2D eigenvalue weighted by atomic mass is 9.92. The molecule has 3 aromatic carbocycles. The Balaban J connectivity index is 1.84. The van der Waals surface area contributed by atoms with Gasteiger partial charge in [-0.25, -0.2) is 0 Å². The zero-order valence-corrected chi connectivity index (χ0v) is 16.8. The topological polar surface area (TPSA) is 79.0 Å². The van der Waals surface area contributed by atoms with Gasteiger partial charge >= 0.3 is 0 Å². The highest BCUT2D eigenvalue weighted by Crippen LogP contribution is 2.32. The van der Waals surface area contributed by atoms with Crippen LogP contribution in [0.2, 0.25) is 10.0 Å². The molecule has 0 aliphatic rings. The Bertz CT molecular complexity index is 1060. The summed E-state index contributed by atoms with van der Waals surface area (Å²) in [6, 6.07) is 21.4. The quantitative estimate of drug-likeness (QED) is 0.360. The fourth-order valence-corrected chi connectivity index (χ4v) is 3.40. The summed E-state index contributed by atoms with van der Waals surface area (Å²) in [7, 11) is 0. The molecule has 0 aromatic heterocycles. The molecule has 0 fully saturated rings. The highest BCUT2D eigenvalue weighted by atomic mass is 35.5. The molecule has 0 spiro atoms. The van der Waals surface area contributed by atoms with Gasteiger partial charge in [0.05, 0.1) is 16.9 Å². The molecule has 3 aromatic rings. The molecule has 0 amide bonds. The van der Waals surface area contributed by atoms with Gasteiger partial charge in [0.25, 0.3) is 5.69 Å². The standard InChI is InChI=1S/C22H17Cl2N3O2/c23-18-7-4-16(5-8-18)20(14-25)17-6-9-22(27(28)29)21(13-17)26-11-10-15-2-1-3-19(24)12-15/h1-9,12-13,20,26H,10-11H2. The Morgan fingerprint density at radius 3 is 2.38 bits per heavy atom. The number of nitriles is 1. The molecule has 1 N–H and O–H groups in total. The Morgan fingerprint density at radius 2 is 1.72 bits per heavy atom. The van der Waals surface area contributed by atoms with Crippen molar-refractivity contribution in [3.8, 4) is 6.07 Å². The molecule has 0 saturated heterocycles. The third kappa shape index (κ3) is 5.26. The molecule has 0 heterocycles. The van der Waals surface area contributed by atoms with E-state index in [2.05, 4.69) is 11.4 Å². The minimum atomic E-state index is -0.554. The normalized spacial score (nSPS) is 11.5. The second-order valence-electron chi connectivity index (χ2n) is 6.45. The molecule has 1 atom stereocenters. The molecule has 0 aliphatic heterocycles. The fraction of sp³-hybridized carbons (Fsp3) is 0.136. The van der Waals surface area contributed by atoms with Crippen molar-refractivity contribution in [2.24, 2.45) is 0 Å². The van der Waals surface area contributed by atoms with Crippen LogP contribution in [0.3, 0.4) is 0 Å². The van der Waals surface area contributed by atoms with Gasteiger partial charge in [-0.15, -0.1) is 0 Å². The molecule has 0 bridgehead atoms. The SMILES string of the molecule is N#CC(c1ccc(Cl)cc1)c1ccc([N+](=O)[O-])c(NCCc2cccc(Cl)c2)c1. The van der Waals surface area contributed by atoms with E-state index in [0.717, 1.165) is 11.1 Å². The first-order valence-electron chi connectivity index (χ1n) is 8.89. The van der Waals surface area contributed by atoms with Crippen LogP contribution in [-0.4, -0.2) is 11.5 Å². The molecule has 0 saturated carbocycles. The number of hydrogen-bond acceptors (Lipinski definition) is 4. The van der Waals surface area contributed by atoms with E-state index in [1.54, 1.807) is 42.5 Å². The van der Waals surface area contributed by atoms with Gasteiger partial charge in [-0.3, -0.25) is 10.1 Å². The lowest BCUT2D eigenvalue weighted by molar-refractivity contribution is -0.384. The van der Waals surface area contributed by atoms with Crippen molar-refractivity contribution in [2.75, 3.05) is 11.9 Å². The van der Waals surface area contributed by atoms with Crippen molar-refractivity contribution < 1.29 is 4.92 Å². The third-order valence-corrected chi connectivity index (χ3v) is 4.99.